The molecule has 2 rings (SSSR count). The van der Waals surface area contributed by atoms with Crippen molar-refractivity contribution in [3.05, 3.63) is 60.2 Å². The Balaban J connectivity index is 1.85. The van der Waals surface area contributed by atoms with Crippen molar-refractivity contribution in [3.8, 4) is 0 Å². The van der Waals surface area contributed by atoms with Crippen LogP contribution in [0.3, 0.4) is 0 Å². The predicted molar refractivity (Wildman–Crippen MR) is 93.1 cm³/mol. The van der Waals surface area contributed by atoms with Gasteiger partial charge in [0.2, 0.25) is 5.84 Å². The van der Waals surface area contributed by atoms with Crippen molar-refractivity contribution in [2.24, 2.45) is 0 Å². The number of carbonyl (C=O) groups is 1. The van der Waals surface area contributed by atoms with E-state index in [9.17, 15) is 4.79 Å². The molecule has 5 nitrogen and oxygen atoms in total. The number of amides is 1. The smallest absolute Gasteiger partial charge is 0.411 e. The van der Waals surface area contributed by atoms with Crippen molar-refractivity contribution in [3.63, 3.8) is 0 Å². The zero-order valence-corrected chi connectivity index (χ0v) is 13.7. The molecule has 0 fully saturated rings. The zero-order chi connectivity index (χ0) is 16.7. The number of nitrogens with zero attached hydrogens (tertiary/aromatic N) is 1. The highest BCUT2D eigenvalue weighted by Gasteiger charge is 2.06. The largest absolute Gasteiger partial charge is 0.444 e. The van der Waals surface area contributed by atoms with Crippen LogP contribution in [0.5, 0.6) is 0 Å². The number of ether oxygens (including phenoxy) is 1. The lowest BCUT2D eigenvalue weighted by Crippen LogP contribution is -2.18. The summed E-state index contributed by atoms with van der Waals surface area (Å²) in [7, 11) is 3.95. The van der Waals surface area contributed by atoms with Gasteiger partial charge in [0.15, 0.2) is 0 Å². The van der Waals surface area contributed by atoms with Crippen molar-refractivity contribution in [2.75, 3.05) is 24.7 Å². The van der Waals surface area contributed by atoms with Crippen LogP contribution < -0.4 is 10.6 Å². The average Bonchev–Trinajstić information content (AvgIpc) is 2.55. The van der Waals surface area contributed by atoms with Gasteiger partial charge in [-0.15, -0.1) is 0 Å². The van der Waals surface area contributed by atoms with Crippen LogP contribution in [-0.2, 0) is 11.3 Å². The molecule has 0 spiro atoms. The fraction of sp³-hybridized carbons (Fsp3) is 0.222. The Kier molecular flexibility index (Phi) is 5.74. The Morgan fingerprint density at radius 1 is 0.957 bits per heavy atom. The molecular formula is C18H22N3O2+. The number of anilines is 2. The first kappa shape index (κ1) is 16.5. The Morgan fingerprint density at radius 3 is 2.09 bits per heavy atom. The maximum Gasteiger partial charge on any atom is 0.411 e. The summed E-state index contributed by atoms with van der Waals surface area (Å²) in [5, 5.41) is 5.98. The Morgan fingerprint density at radius 2 is 1.52 bits per heavy atom. The van der Waals surface area contributed by atoms with Gasteiger partial charge >= 0.3 is 6.09 Å². The first-order valence-corrected chi connectivity index (χ1v) is 7.40. The highest BCUT2D eigenvalue weighted by Crippen LogP contribution is 2.14. The van der Waals surface area contributed by atoms with E-state index in [1.54, 1.807) is 0 Å². The zero-order valence-electron chi connectivity index (χ0n) is 13.7. The molecule has 0 saturated carbocycles. The van der Waals surface area contributed by atoms with Crippen LogP contribution in [-0.4, -0.2) is 30.6 Å². The second-order valence-electron chi connectivity index (χ2n) is 5.37. The van der Waals surface area contributed by atoms with E-state index in [-0.39, 0.29) is 6.61 Å². The molecule has 0 unspecified atom stereocenters. The number of amidine groups is 1. The lowest BCUT2D eigenvalue weighted by molar-refractivity contribution is -0.464. The normalized spacial score (nSPS) is 9.87. The van der Waals surface area contributed by atoms with Crippen LogP contribution >= 0.6 is 0 Å². The molecule has 0 atom stereocenters. The molecule has 0 aliphatic rings. The number of rotatable bonds is 4. The van der Waals surface area contributed by atoms with E-state index in [0.29, 0.717) is 5.69 Å². The van der Waals surface area contributed by atoms with Crippen LogP contribution in [0.25, 0.3) is 0 Å². The standard InChI is InChI=1S/C18H21N3O2/c1-14(21(2)3)19-16-9-11-17(12-10-16)20-18(22)23-13-15-7-5-4-6-8-15/h4-12H,13H2,1-3H3,(H,20,22)/p+1. The van der Waals surface area contributed by atoms with Gasteiger partial charge in [-0.05, 0) is 29.8 Å². The number of hydrogen-bond donors (Lipinski definition) is 2. The lowest BCUT2D eigenvalue weighted by atomic mass is 10.2. The fourth-order valence-electron chi connectivity index (χ4n) is 1.83. The molecule has 2 aromatic carbocycles. The van der Waals surface area contributed by atoms with Crippen LogP contribution in [0.4, 0.5) is 16.2 Å². The topological polar surface area (TPSA) is 53.4 Å². The highest BCUT2D eigenvalue weighted by atomic mass is 16.5. The summed E-state index contributed by atoms with van der Waals surface area (Å²) in [4.78, 5) is 11.8. The van der Waals surface area contributed by atoms with Crippen molar-refractivity contribution in [2.45, 2.75) is 13.5 Å². The summed E-state index contributed by atoms with van der Waals surface area (Å²) in [6.07, 6.45) is -0.467. The van der Waals surface area contributed by atoms with E-state index in [1.165, 1.54) is 0 Å². The molecular weight excluding hydrogens is 290 g/mol. The summed E-state index contributed by atoms with van der Waals surface area (Å²) >= 11 is 0. The van der Waals surface area contributed by atoms with Gasteiger partial charge in [0.1, 0.15) is 12.3 Å². The van der Waals surface area contributed by atoms with Gasteiger partial charge in [-0.2, -0.15) is 0 Å². The molecule has 1 amide bonds. The number of benzene rings is 2. The number of carbonyl (C=O) groups excluding carboxylic acids is 1. The molecule has 5 heteroatoms. The first-order chi connectivity index (χ1) is 11.0. The van der Waals surface area contributed by atoms with Crippen molar-refractivity contribution >= 4 is 23.3 Å². The summed E-state index contributed by atoms with van der Waals surface area (Å²) in [5.74, 6) is 1.04. The second kappa shape index (κ2) is 7.98. The van der Waals surface area contributed by atoms with E-state index < -0.39 is 6.09 Å². The molecule has 120 valence electrons. The van der Waals surface area contributed by atoms with Gasteiger partial charge < -0.3 is 4.74 Å². The Labute approximate surface area is 136 Å². The Bertz CT molecular complexity index is 675. The number of hydrogen-bond acceptors (Lipinski definition) is 2. The molecule has 0 aromatic heterocycles. The lowest BCUT2D eigenvalue weighted by Gasteiger charge is -2.07. The van der Waals surface area contributed by atoms with Gasteiger partial charge in [0.05, 0.1) is 14.1 Å². The molecule has 0 saturated heterocycles. The molecule has 2 aromatic rings. The molecule has 0 radical (unpaired) electrons. The quantitative estimate of drug-likeness (QED) is 0.516. The molecule has 0 bridgehead atoms. The van der Waals surface area contributed by atoms with Crippen molar-refractivity contribution < 1.29 is 14.1 Å². The van der Waals surface area contributed by atoms with Gasteiger partial charge in [-0.25, -0.2) is 10.1 Å². The van der Waals surface area contributed by atoms with E-state index in [1.807, 2.05) is 80.2 Å². The minimum atomic E-state index is -0.467. The van der Waals surface area contributed by atoms with Gasteiger partial charge in [0, 0.05) is 12.6 Å². The van der Waals surface area contributed by atoms with Crippen LogP contribution in [0.2, 0.25) is 0 Å². The third-order valence-electron chi connectivity index (χ3n) is 3.34. The summed E-state index contributed by atoms with van der Waals surface area (Å²) < 4.78 is 7.17. The van der Waals surface area contributed by atoms with E-state index in [2.05, 4.69) is 10.6 Å². The third-order valence-corrected chi connectivity index (χ3v) is 3.34. The minimum Gasteiger partial charge on any atom is -0.444 e. The maximum absolute atomic E-state index is 11.8. The van der Waals surface area contributed by atoms with Gasteiger partial charge in [-0.3, -0.25) is 9.89 Å². The first-order valence-electron chi connectivity index (χ1n) is 7.40. The predicted octanol–water partition coefficient (Wildman–Crippen LogP) is 3.54. The third kappa shape index (κ3) is 5.47. The Hall–Kier alpha value is -2.82. The van der Waals surface area contributed by atoms with Crippen molar-refractivity contribution in [1.82, 2.24) is 0 Å². The molecule has 0 aliphatic carbocycles. The van der Waals surface area contributed by atoms with E-state index in [0.717, 1.165) is 17.1 Å². The average molecular weight is 312 g/mol. The summed E-state index contributed by atoms with van der Waals surface area (Å²) in [5.41, 5.74) is 2.60. The maximum atomic E-state index is 11.8. The molecule has 2 N–H and O–H groups in total. The number of nitrogens with one attached hydrogen (secondary N) is 2. The summed E-state index contributed by atoms with van der Waals surface area (Å²) in [6.45, 7) is 2.25. The van der Waals surface area contributed by atoms with Crippen LogP contribution in [0.1, 0.15) is 12.5 Å². The van der Waals surface area contributed by atoms with E-state index >= 15 is 0 Å². The minimum absolute atomic E-state index is 0.253. The van der Waals surface area contributed by atoms with Crippen LogP contribution in [0, 0.1) is 0 Å². The molecule has 23 heavy (non-hydrogen) atoms. The van der Waals surface area contributed by atoms with Gasteiger partial charge in [0.25, 0.3) is 0 Å². The van der Waals surface area contributed by atoms with Crippen molar-refractivity contribution in [1.29, 1.82) is 0 Å². The van der Waals surface area contributed by atoms with E-state index in [4.69, 9.17) is 4.74 Å². The fourth-order valence-corrected chi connectivity index (χ4v) is 1.83. The molecule has 0 aliphatic heterocycles. The molecule has 0 heterocycles. The monoisotopic (exact) mass is 312 g/mol. The van der Waals surface area contributed by atoms with Crippen LogP contribution in [0.15, 0.2) is 54.6 Å². The summed E-state index contributed by atoms with van der Waals surface area (Å²) in [6, 6.07) is 17.0. The highest BCUT2D eigenvalue weighted by molar-refractivity contribution is 5.90. The SMILES string of the molecule is CC(Nc1ccc(NC(=O)OCc2ccccc2)cc1)=[N+](C)C. The van der Waals surface area contributed by atoms with Gasteiger partial charge in [-0.1, -0.05) is 30.3 Å². The second-order valence-corrected chi connectivity index (χ2v) is 5.37.